The van der Waals surface area contributed by atoms with E-state index in [4.69, 9.17) is 23.2 Å². The van der Waals surface area contributed by atoms with Crippen LogP contribution in [0.2, 0.25) is 10.0 Å². The molecule has 0 spiro atoms. The smallest absolute Gasteiger partial charge is 0.0887 e. The second-order valence-electron chi connectivity index (χ2n) is 27.7. The summed E-state index contributed by atoms with van der Waals surface area (Å²) in [6.45, 7) is 40.9. The van der Waals surface area contributed by atoms with Crippen LogP contribution in [-0.2, 0) is 32.5 Å². The summed E-state index contributed by atoms with van der Waals surface area (Å²) in [4.78, 5) is 0. The Balaban J connectivity index is 1.58. The van der Waals surface area contributed by atoms with Gasteiger partial charge in [-0.25, -0.2) is 0 Å². The predicted octanol–water partition coefficient (Wildman–Crippen LogP) is 21.4. The lowest BCUT2D eigenvalue weighted by Gasteiger charge is -2.25. The number of hydrogen-bond donors (Lipinski definition) is 0. The third kappa shape index (κ3) is 11.4. The summed E-state index contributed by atoms with van der Waals surface area (Å²) < 4.78 is 9.34. The summed E-state index contributed by atoms with van der Waals surface area (Å²) in [5, 5.41) is 1.27. The molecular formula is C72H82Cl2N4. The molecule has 4 nitrogen and oxygen atoms in total. The van der Waals surface area contributed by atoms with E-state index >= 15 is 0 Å². The zero-order chi connectivity index (χ0) is 56.7. The van der Waals surface area contributed by atoms with E-state index in [1.54, 1.807) is 0 Å². The van der Waals surface area contributed by atoms with Gasteiger partial charge in [-0.3, -0.25) is 0 Å². The largest absolute Gasteiger partial charge is 0.309 e. The van der Waals surface area contributed by atoms with Crippen molar-refractivity contribution in [1.82, 2.24) is 18.3 Å². The molecule has 0 aliphatic rings. The highest BCUT2D eigenvalue weighted by atomic mass is 35.5. The van der Waals surface area contributed by atoms with Crippen LogP contribution in [0.3, 0.4) is 0 Å². The van der Waals surface area contributed by atoms with Crippen LogP contribution < -0.4 is 0 Å². The zero-order valence-electron chi connectivity index (χ0n) is 49.7. The summed E-state index contributed by atoms with van der Waals surface area (Å²) in [5.41, 5.74) is 18.2. The van der Waals surface area contributed by atoms with Crippen molar-refractivity contribution in [2.45, 2.75) is 157 Å². The van der Waals surface area contributed by atoms with Crippen LogP contribution in [0, 0.1) is 0 Å². The summed E-state index contributed by atoms with van der Waals surface area (Å²) >= 11 is 16.3. The maximum Gasteiger partial charge on any atom is 0.0887 e. The lowest BCUT2D eigenvalue weighted by atomic mass is 9.86. The third-order valence-electron chi connectivity index (χ3n) is 15.5. The number of benzene rings is 8. The van der Waals surface area contributed by atoms with Crippen LogP contribution in [0.15, 0.2) is 170 Å². The lowest BCUT2D eigenvalue weighted by molar-refractivity contribution is 0.589. The molecule has 0 saturated carbocycles. The molecule has 0 unspecified atom stereocenters. The van der Waals surface area contributed by atoms with Gasteiger partial charge in [-0.05, 0) is 187 Å². The molecule has 6 heteroatoms. The standard InChI is InChI=1S/C72H82Cl2N4/c1-67(2,3)47-19-27-53(28-20-47)75-57-35-37-58(38-36-57)77(55-31-23-49(24-32-55)69(7,8)9)63-45-52(72(16,17)18)46-64(66(63)74)78(56-33-25-50(26-34-56)70(10,11)12)60-41-39-59(40-42-60)76(54-29-21-48(22-30-54)68(4,5)6)62-44-51(71(13,14)15)43-61(75)65(62)73/h19-46H,1-18H3. The molecule has 0 N–H and O–H groups in total. The molecule has 0 radical (unpaired) electrons. The van der Waals surface area contributed by atoms with Crippen molar-refractivity contribution in [3.8, 4) is 22.7 Å². The van der Waals surface area contributed by atoms with Crippen molar-refractivity contribution in [3.63, 3.8) is 0 Å². The van der Waals surface area contributed by atoms with Gasteiger partial charge >= 0.3 is 0 Å². The summed E-state index contributed by atoms with van der Waals surface area (Å²) in [5.74, 6) is 0. The average Bonchev–Trinajstić information content (AvgIpc) is 3.40. The molecule has 8 bridgehead atoms. The van der Waals surface area contributed by atoms with Crippen LogP contribution in [0.5, 0.6) is 0 Å². The van der Waals surface area contributed by atoms with Crippen LogP contribution >= 0.6 is 23.2 Å². The van der Waals surface area contributed by atoms with Crippen LogP contribution in [0.25, 0.3) is 66.9 Å². The van der Waals surface area contributed by atoms with Gasteiger partial charge in [0.1, 0.15) is 0 Å². The van der Waals surface area contributed by atoms with Crippen molar-refractivity contribution in [2.24, 2.45) is 0 Å². The molecule has 0 saturated heterocycles. The van der Waals surface area contributed by atoms with Gasteiger partial charge in [0, 0.05) is 44.8 Å². The Hall–Kier alpha value is -6.46. The first-order valence-electron chi connectivity index (χ1n) is 27.8. The molecule has 0 aliphatic heterocycles. The summed E-state index contributed by atoms with van der Waals surface area (Å²) in [6.07, 6.45) is 0. The van der Waals surface area contributed by atoms with Gasteiger partial charge in [0.05, 0.1) is 32.1 Å². The Morgan fingerprint density at radius 1 is 0.218 bits per heavy atom. The fourth-order valence-electron chi connectivity index (χ4n) is 10.4. The molecule has 12 aromatic rings. The molecular weight excluding hydrogens is 992 g/mol. The fraction of sp³-hybridized carbons (Fsp3) is 0.333. The second-order valence-corrected chi connectivity index (χ2v) is 28.5. The minimum absolute atomic E-state index is 0.0307. The molecule has 4 aromatic heterocycles. The highest BCUT2D eigenvalue weighted by molar-refractivity contribution is 6.38. The van der Waals surface area contributed by atoms with E-state index in [0.29, 0.717) is 10.0 Å². The molecule has 0 atom stereocenters. The molecule has 0 amide bonds. The van der Waals surface area contributed by atoms with Crippen LogP contribution in [0.1, 0.15) is 158 Å². The minimum Gasteiger partial charge on any atom is -0.309 e. The summed E-state index contributed by atoms with van der Waals surface area (Å²) in [7, 11) is 0. The highest BCUT2D eigenvalue weighted by Crippen LogP contribution is 2.39. The molecule has 0 aliphatic carbocycles. The molecule has 12 rings (SSSR count). The Kier molecular flexibility index (Phi) is 14.7. The SMILES string of the molecule is CC(C)(C)c1ccc(-n2c3ccc(cc3)n(-c3ccc(C(C)(C)C)cc3)c3cc(C(C)(C)C)cc(c3Cl)n(-c3ccc(C(C)(C)C)cc3)c3ccc(cc3)n(-c3ccc(C(C)(C)C)cc3)c3cc(C(C)(C)C)cc2c3Cl)cc1. The Labute approximate surface area is 476 Å². The third-order valence-corrected chi connectivity index (χ3v) is 16.2. The molecule has 404 valence electrons. The molecule has 78 heavy (non-hydrogen) atoms. The Morgan fingerprint density at radius 3 is 0.513 bits per heavy atom. The topological polar surface area (TPSA) is 19.7 Å². The number of aromatic nitrogens is 4. The van der Waals surface area contributed by atoms with Crippen molar-refractivity contribution < 1.29 is 0 Å². The van der Waals surface area contributed by atoms with Crippen molar-refractivity contribution in [2.75, 3.05) is 0 Å². The van der Waals surface area contributed by atoms with E-state index in [2.05, 4.69) is 313 Å². The highest BCUT2D eigenvalue weighted by Gasteiger charge is 2.24. The van der Waals surface area contributed by atoms with E-state index in [1.807, 2.05) is 0 Å². The normalized spacial score (nSPS) is 12.9. The van der Waals surface area contributed by atoms with Crippen LogP contribution in [-0.4, -0.2) is 18.3 Å². The molecule has 8 aromatic carbocycles. The maximum atomic E-state index is 8.17. The average molecular weight is 1070 g/mol. The van der Waals surface area contributed by atoms with Crippen molar-refractivity contribution >= 4 is 67.3 Å². The van der Waals surface area contributed by atoms with Crippen LogP contribution in [0.4, 0.5) is 0 Å². The van der Waals surface area contributed by atoms with E-state index in [1.165, 1.54) is 22.3 Å². The predicted molar refractivity (Wildman–Crippen MR) is 340 cm³/mol. The Morgan fingerprint density at radius 2 is 0.372 bits per heavy atom. The van der Waals surface area contributed by atoms with E-state index in [9.17, 15) is 0 Å². The van der Waals surface area contributed by atoms with Gasteiger partial charge in [-0.2, -0.15) is 0 Å². The first-order valence-corrected chi connectivity index (χ1v) is 28.6. The van der Waals surface area contributed by atoms with Gasteiger partial charge in [0.25, 0.3) is 0 Å². The van der Waals surface area contributed by atoms with E-state index in [-0.39, 0.29) is 32.5 Å². The van der Waals surface area contributed by atoms with Gasteiger partial charge in [-0.15, -0.1) is 0 Å². The minimum atomic E-state index is -0.244. The van der Waals surface area contributed by atoms with E-state index in [0.717, 1.165) is 78.0 Å². The quantitative estimate of drug-likeness (QED) is 0.167. The van der Waals surface area contributed by atoms with Gasteiger partial charge in [0.2, 0.25) is 0 Å². The van der Waals surface area contributed by atoms with Crippen molar-refractivity contribution in [3.05, 3.63) is 213 Å². The van der Waals surface area contributed by atoms with Gasteiger partial charge in [0.15, 0.2) is 0 Å². The van der Waals surface area contributed by atoms with Gasteiger partial charge < -0.3 is 18.3 Å². The molecule has 0 fully saturated rings. The number of hydrogen-bond acceptors (Lipinski definition) is 0. The van der Waals surface area contributed by atoms with E-state index < -0.39 is 0 Å². The van der Waals surface area contributed by atoms with Crippen molar-refractivity contribution in [1.29, 1.82) is 0 Å². The first kappa shape index (κ1) is 56.3. The monoisotopic (exact) mass is 1070 g/mol. The summed E-state index contributed by atoms with van der Waals surface area (Å²) in [6, 6.07) is 63.1. The van der Waals surface area contributed by atoms with Gasteiger partial charge in [-0.1, -0.05) is 196 Å². The number of rotatable bonds is 4. The second kappa shape index (κ2) is 20.3. The fourth-order valence-corrected chi connectivity index (χ4v) is 10.9. The first-order chi connectivity index (χ1) is 36.3. The Bertz CT molecular complexity index is 3330. The molecule has 4 heterocycles. The lowest BCUT2D eigenvalue weighted by Crippen LogP contribution is -2.14. The number of halogens is 2. The maximum absolute atomic E-state index is 8.17. The zero-order valence-corrected chi connectivity index (χ0v) is 51.2. The number of nitrogens with zero attached hydrogens (tertiary/aromatic N) is 4.